The average molecular weight is 961 g/mol. The van der Waals surface area contributed by atoms with Crippen molar-refractivity contribution < 1.29 is 56.2 Å². The van der Waals surface area contributed by atoms with Crippen LogP contribution in [0.2, 0.25) is 0 Å². The number of hydrogen-bond acceptors (Lipinski definition) is 11. The Kier molecular flexibility index (Phi) is 42.5. The van der Waals surface area contributed by atoms with E-state index in [0.29, 0.717) is 13.0 Å². The molecule has 4 N–H and O–H groups in total. The number of rotatable bonds is 48. The standard InChI is InChI=1S/C53H100O12S/c1-3-5-7-9-11-13-15-17-19-21-23-24-25-26-28-30-32-34-36-38-40-42-49(55)63-47(46-62-53-51(57)52(65-66(58,59)60)50(56)48(44-54)64-53)45-61-43-41-39-37-35-33-31-29-27-22-20-18-16-14-12-10-8-6-4-2/h12,14,18,20,47-48,50-54,56-57H,3-11,13,15-17,19,21-46H2,1-2H3,(H,58,59,60)/b14-12-,20-18-. The maximum atomic E-state index is 12.9. The highest BCUT2D eigenvalue weighted by atomic mass is 32.3. The molecule has 66 heavy (non-hydrogen) atoms. The van der Waals surface area contributed by atoms with Gasteiger partial charge < -0.3 is 34.3 Å². The van der Waals surface area contributed by atoms with E-state index in [2.05, 4.69) is 42.3 Å². The van der Waals surface area contributed by atoms with Gasteiger partial charge in [-0.3, -0.25) is 9.35 Å². The highest BCUT2D eigenvalue weighted by molar-refractivity contribution is 7.80. The topological polar surface area (TPSA) is 178 Å². The minimum absolute atomic E-state index is 0.0363. The van der Waals surface area contributed by atoms with Crippen LogP contribution in [0.25, 0.3) is 0 Å². The number of ether oxygens (including phenoxy) is 4. The molecule has 13 heteroatoms. The summed E-state index contributed by atoms with van der Waals surface area (Å²) in [5.74, 6) is -0.396. The van der Waals surface area contributed by atoms with E-state index in [9.17, 15) is 33.1 Å². The molecule has 1 fully saturated rings. The van der Waals surface area contributed by atoms with Crippen LogP contribution in [0, 0.1) is 0 Å². The van der Waals surface area contributed by atoms with Crippen molar-refractivity contribution in [3.8, 4) is 0 Å². The van der Waals surface area contributed by atoms with Crippen LogP contribution in [0.4, 0.5) is 0 Å². The van der Waals surface area contributed by atoms with Crippen LogP contribution >= 0.6 is 0 Å². The molecule has 0 aromatic heterocycles. The van der Waals surface area contributed by atoms with Crippen molar-refractivity contribution in [3.63, 3.8) is 0 Å². The molecule has 0 radical (unpaired) electrons. The van der Waals surface area contributed by atoms with Crippen LogP contribution in [0.15, 0.2) is 24.3 Å². The van der Waals surface area contributed by atoms with Gasteiger partial charge in [0.2, 0.25) is 0 Å². The van der Waals surface area contributed by atoms with E-state index in [0.717, 1.165) is 51.4 Å². The fourth-order valence-corrected chi connectivity index (χ4v) is 8.98. The molecule has 0 spiro atoms. The third-order valence-corrected chi connectivity index (χ3v) is 13.0. The molecule has 390 valence electrons. The summed E-state index contributed by atoms with van der Waals surface area (Å²) in [5.41, 5.74) is 0. The van der Waals surface area contributed by atoms with Crippen LogP contribution in [0.5, 0.6) is 0 Å². The van der Waals surface area contributed by atoms with Crippen LogP contribution in [-0.4, -0.2) is 97.5 Å². The molecule has 1 saturated heterocycles. The summed E-state index contributed by atoms with van der Waals surface area (Å²) in [7, 11) is -5.06. The lowest BCUT2D eigenvalue weighted by Crippen LogP contribution is -2.60. The van der Waals surface area contributed by atoms with E-state index in [-0.39, 0.29) is 19.6 Å². The number of allylic oxidation sites excluding steroid dienone is 4. The fourth-order valence-electron chi connectivity index (χ4n) is 8.47. The second-order valence-corrected chi connectivity index (χ2v) is 19.9. The van der Waals surface area contributed by atoms with Crippen molar-refractivity contribution in [2.24, 2.45) is 0 Å². The first-order valence-electron chi connectivity index (χ1n) is 27.1. The molecule has 0 aromatic carbocycles. The lowest BCUT2D eigenvalue weighted by Gasteiger charge is -2.41. The Morgan fingerprint density at radius 2 is 1.00 bits per heavy atom. The van der Waals surface area contributed by atoms with E-state index < -0.39 is 59.8 Å². The van der Waals surface area contributed by atoms with Gasteiger partial charge in [0.15, 0.2) is 6.29 Å². The van der Waals surface area contributed by atoms with Crippen molar-refractivity contribution in [3.05, 3.63) is 24.3 Å². The summed E-state index contributed by atoms with van der Waals surface area (Å²) in [4.78, 5) is 12.9. The quantitative estimate of drug-likeness (QED) is 0.0197. The van der Waals surface area contributed by atoms with Crippen LogP contribution in [0.3, 0.4) is 0 Å². The molecule has 0 aromatic rings. The van der Waals surface area contributed by atoms with Crippen LogP contribution in [-0.2, 0) is 38.3 Å². The molecular formula is C53H100O12S. The molecule has 0 saturated carbocycles. The molecule has 1 aliphatic rings. The number of aliphatic hydroxyl groups excluding tert-OH is 3. The van der Waals surface area contributed by atoms with Crippen molar-refractivity contribution in [1.29, 1.82) is 0 Å². The fraction of sp³-hybridized carbons (Fsp3) is 0.906. The van der Waals surface area contributed by atoms with Gasteiger partial charge in [-0.25, -0.2) is 4.18 Å². The van der Waals surface area contributed by atoms with Gasteiger partial charge >= 0.3 is 16.4 Å². The number of hydrogen-bond donors (Lipinski definition) is 4. The number of carbonyl (C=O) groups excluding carboxylic acids is 1. The summed E-state index contributed by atoms with van der Waals surface area (Å²) >= 11 is 0. The zero-order valence-electron chi connectivity index (χ0n) is 42.0. The maximum absolute atomic E-state index is 12.9. The van der Waals surface area contributed by atoms with E-state index in [1.54, 1.807) is 0 Å². The first-order valence-corrected chi connectivity index (χ1v) is 28.5. The second kappa shape index (κ2) is 44.8. The molecule has 1 aliphatic heterocycles. The third-order valence-electron chi connectivity index (χ3n) is 12.6. The molecule has 12 nitrogen and oxygen atoms in total. The second-order valence-electron chi connectivity index (χ2n) is 18.8. The lowest BCUT2D eigenvalue weighted by molar-refractivity contribution is -0.301. The van der Waals surface area contributed by atoms with Gasteiger partial charge in [0, 0.05) is 13.0 Å². The van der Waals surface area contributed by atoms with E-state index >= 15 is 0 Å². The summed E-state index contributed by atoms with van der Waals surface area (Å²) < 4.78 is 59.3. The molecule has 0 amide bonds. The number of aliphatic hydroxyl groups is 3. The largest absolute Gasteiger partial charge is 0.457 e. The Morgan fingerprint density at radius 1 is 0.576 bits per heavy atom. The van der Waals surface area contributed by atoms with Gasteiger partial charge in [0.05, 0.1) is 19.8 Å². The summed E-state index contributed by atoms with van der Waals surface area (Å²) in [5, 5.41) is 30.8. The van der Waals surface area contributed by atoms with Crippen LogP contribution in [0.1, 0.15) is 245 Å². The van der Waals surface area contributed by atoms with Crippen molar-refractivity contribution in [2.45, 2.75) is 282 Å². The van der Waals surface area contributed by atoms with Crippen LogP contribution < -0.4 is 0 Å². The molecule has 6 atom stereocenters. The number of esters is 1. The maximum Gasteiger partial charge on any atom is 0.397 e. The summed E-state index contributed by atoms with van der Waals surface area (Å²) in [6, 6.07) is 0. The zero-order chi connectivity index (χ0) is 48.2. The minimum Gasteiger partial charge on any atom is -0.457 e. The van der Waals surface area contributed by atoms with E-state index in [4.69, 9.17) is 18.9 Å². The summed E-state index contributed by atoms with van der Waals surface area (Å²) in [6.45, 7) is 4.00. The van der Waals surface area contributed by atoms with Gasteiger partial charge in [-0.05, 0) is 44.9 Å². The van der Waals surface area contributed by atoms with Gasteiger partial charge in [0.25, 0.3) is 0 Å². The Morgan fingerprint density at radius 3 is 1.47 bits per heavy atom. The van der Waals surface area contributed by atoms with E-state index in [1.165, 1.54) is 167 Å². The number of carbonyl (C=O) groups is 1. The third kappa shape index (κ3) is 37.5. The van der Waals surface area contributed by atoms with Crippen molar-refractivity contribution >= 4 is 16.4 Å². The molecule has 1 rings (SSSR count). The van der Waals surface area contributed by atoms with Crippen molar-refractivity contribution in [1.82, 2.24) is 0 Å². The van der Waals surface area contributed by atoms with Gasteiger partial charge in [-0.2, -0.15) is 8.42 Å². The molecular weight excluding hydrogens is 861 g/mol. The molecule has 1 heterocycles. The predicted molar refractivity (Wildman–Crippen MR) is 267 cm³/mol. The van der Waals surface area contributed by atoms with Gasteiger partial charge in [0.1, 0.15) is 30.5 Å². The normalized spacial score (nSPS) is 19.6. The summed E-state index contributed by atoms with van der Waals surface area (Å²) in [6.07, 6.45) is 43.5. The van der Waals surface area contributed by atoms with Crippen molar-refractivity contribution in [2.75, 3.05) is 26.4 Å². The number of unbranched alkanes of at least 4 members (excludes halogenated alkanes) is 31. The highest BCUT2D eigenvalue weighted by Gasteiger charge is 2.48. The Labute approximate surface area is 403 Å². The first-order chi connectivity index (χ1) is 32.1. The van der Waals surface area contributed by atoms with E-state index in [1.807, 2.05) is 0 Å². The lowest BCUT2D eigenvalue weighted by atomic mass is 9.99. The predicted octanol–water partition coefficient (Wildman–Crippen LogP) is 12.8. The Balaban J connectivity index is 2.32. The van der Waals surface area contributed by atoms with Gasteiger partial charge in [-0.1, -0.05) is 218 Å². The SMILES string of the molecule is CCCCC/C=C\C/C=C\CCCCCCCCCCOCC(COC1OC(CO)C(O)C(OS(=O)(=O)O)C1O)OC(=O)CCCCCCCCCCCCCCCCCCCCCCC. The Hall–Kier alpha value is -1.42. The molecule has 0 bridgehead atoms. The monoisotopic (exact) mass is 961 g/mol. The smallest absolute Gasteiger partial charge is 0.397 e. The molecule has 6 unspecified atom stereocenters. The first kappa shape index (κ1) is 62.6. The minimum atomic E-state index is -5.06. The zero-order valence-corrected chi connectivity index (χ0v) is 42.8. The highest BCUT2D eigenvalue weighted by Crippen LogP contribution is 2.26. The average Bonchev–Trinajstić information content (AvgIpc) is 3.29. The van der Waals surface area contributed by atoms with Gasteiger partial charge in [-0.15, -0.1) is 0 Å². The Bertz CT molecular complexity index is 1250. The molecule has 0 aliphatic carbocycles.